The second kappa shape index (κ2) is 9.05. The zero-order valence-electron chi connectivity index (χ0n) is 24.9. The lowest BCUT2D eigenvalue weighted by atomic mass is 9.68. The maximum atomic E-state index is 13.3. The van der Waals surface area contributed by atoms with Gasteiger partial charge in [-0.25, -0.2) is 9.97 Å². The Balaban J connectivity index is 1.26. The monoisotopic (exact) mass is 588 g/mol. The SMILES string of the molecule is CC1(C)OC2OC3C(OCC4C3c3c(c5ccccc5c5nc6cc(C(=O)c7ccccc7)ccc6nc35)OC4(C)C)C2O1. The normalized spacial score (nSPS) is 29.5. The van der Waals surface area contributed by atoms with Crippen LogP contribution in [0.15, 0.2) is 72.8 Å². The summed E-state index contributed by atoms with van der Waals surface area (Å²) in [6.07, 6.45) is -1.42. The third-order valence-corrected chi connectivity index (χ3v) is 9.76. The highest BCUT2D eigenvalue weighted by Gasteiger charge is 2.63. The maximum Gasteiger partial charge on any atom is 0.193 e. The van der Waals surface area contributed by atoms with E-state index in [2.05, 4.69) is 26.0 Å². The van der Waals surface area contributed by atoms with E-state index in [1.165, 1.54) is 0 Å². The highest BCUT2D eigenvalue weighted by atomic mass is 16.8. The van der Waals surface area contributed by atoms with Gasteiger partial charge in [0.1, 0.15) is 23.6 Å². The van der Waals surface area contributed by atoms with Crippen LogP contribution in [0, 0.1) is 5.92 Å². The lowest BCUT2D eigenvalue weighted by molar-refractivity contribution is -0.240. The molecule has 3 fully saturated rings. The van der Waals surface area contributed by atoms with Crippen LogP contribution in [0.25, 0.3) is 32.8 Å². The second-order valence-electron chi connectivity index (χ2n) is 13.3. The lowest BCUT2D eigenvalue weighted by Crippen LogP contribution is -2.57. The Hall–Kier alpha value is -3.95. The van der Waals surface area contributed by atoms with Crippen LogP contribution >= 0.6 is 0 Å². The van der Waals surface area contributed by atoms with Crippen LogP contribution in [0.2, 0.25) is 0 Å². The summed E-state index contributed by atoms with van der Waals surface area (Å²) in [6.45, 7) is 8.55. The largest absolute Gasteiger partial charge is 0.486 e. The number of fused-ring (bicyclic) bond motifs is 13. The van der Waals surface area contributed by atoms with Crippen molar-refractivity contribution in [2.45, 2.75) is 69.6 Å². The topological polar surface area (TPSA) is 89.0 Å². The lowest BCUT2D eigenvalue weighted by Gasteiger charge is -2.51. The highest BCUT2D eigenvalue weighted by molar-refractivity contribution is 6.13. The van der Waals surface area contributed by atoms with Crippen molar-refractivity contribution in [3.63, 3.8) is 0 Å². The number of rotatable bonds is 2. The number of ketones is 1. The van der Waals surface area contributed by atoms with Crippen LogP contribution in [0.3, 0.4) is 0 Å². The Morgan fingerprint density at radius 2 is 1.52 bits per heavy atom. The predicted octanol–water partition coefficient (Wildman–Crippen LogP) is 6.31. The summed E-state index contributed by atoms with van der Waals surface area (Å²) in [5.41, 5.74) is 4.59. The average Bonchev–Trinajstić information content (AvgIpc) is 3.51. The number of carbonyl (C=O) groups is 1. The zero-order valence-corrected chi connectivity index (χ0v) is 24.9. The minimum Gasteiger partial charge on any atom is -0.486 e. The average molecular weight is 589 g/mol. The van der Waals surface area contributed by atoms with Crippen molar-refractivity contribution in [3.8, 4) is 5.75 Å². The van der Waals surface area contributed by atoms with Crippen molar-refractivity contribution in [3.05, 3.63) is 89.5 Å². The first-order chi connectivity index (χ1) is 21.2. The van der Waals surface area contributed by atoms with Gasteiger partial charge in [-0.05, 0) is 45.9 Å². The minimum absolute atomic E-state index is 0.00387. The van der Waals surface area contributed by atoms with Gasteiger partial charge in [-0.1, -0.05) is 54.6 Å². The van der Waals surface area contributed by atoms with Gasteiger partial charge in [-0.3, -0.25) is 4.79 Å². The molecule has 8 nitrogen and oxygen atoms in total. The van der Waals surface area contributed by atoms with Crippen LogP contribution in [0.1, 0.15) is 55.1 Å². The van der Waals surface area contributed by atoms with Gasteiger partial charge >= 0.3 is 0 Å². The molecule has 9 rings (SSSR count). The number of benzene rings is 4. The third kappa shape index (κ3) is 3.75. The van der Waals surface area contributed by atoms with Crippen molar-refractivity contribution >= 4 is 38.6 Å². The molecule has 3 saturated heterocycles. The van der Waals surface area contributed by atoms with Gasteiger partial charge in [0.25, 0.3) is 0 Å². The number of ether oxygens (including phenoxy) is 5. The van der Waals surface area contributed by atoms with Gasteiger partial charge in [0, 0.05) is 39.3 Å². The van der Waals surface area contributed by atoms with Crippen molar-refractivity contribution in [1.82, 2.24) is 9.97 Å². The van der Waals surface area contributed by atoms with E-state index in [4.69, 9.17) is 33.7 Å². The minimum atomic E-state index is -0.735. The van der Waals surface area contributed by atoms with Crippen LogP contribution < -0.4 is 4.74 Å². The summed E-state index contributed by atoms with van der Waals surface area (Å²) in [6, 6.07) is 23.0. The molecule has 0 saturated carbocycles. The van der Waals surface area contributed by atoms with Crippen molar-refractivity contribution < 1.29 is 28.5 Å². The van der Waals surface area contributed by atoms with Crippen molar-refractivity contribution in [2.24, 2.45) is 5.92 Å². The van der Waals surface area contributed by atoms with E-state index < -0.39 is 17.7 Å². The highest BCUT2D eigenvalue weighted by Crippen LogP contribution is 2.57. The molecule has 0 amide bonds. The Labute approximate surface area is 254 Å². The first-order valence-electron chi connectivity index (χ1n) is 15.3. The predicted molar refractivity (Wildman–Crippen MR) is 164 cm³/mol. The zero-order chi connectivity index (χ0) is 30.0. The molecule has 6 atom stereocenters. The summed E-state index contributed by atoms with van der Waals surface area (Å²) in [7, 11) is 0. The molecule has 4 aliphatic rings. The van der Waals surface area contributed by atoms with Crippen molar-refractivity contribution in [1.29, 1.82) is 0 Å². The fourth-order valence-corrected chi connectivity index (χ4v) is 7.75. The van der Waals surface area contributed by atoms with Gasteiger partial charge in [-0.2, -0.15) is 0 Å². The van der Waals surface area contributed by atoms with E-state index in [9.17, 15) is 4.79 Å². The van der Waals surface area contributed by atoms with Gasteiger partial charge in [0.2, 0.25) is 0 Å². The van der Waals surface area contributed by atoms with Crippen molar-refractivity contribution in [2.75, 3.05) is 6.61 Å². The molecular weight excluding hydrogens is 556 g/mol. The quantitative estimate of drug-likeness (QED) is 0.135. The molecule has 4 aromatic carbocycles. The first kappa shape index (κ1) is 26.5. The molecular formula is C36H32N2O6. The number of hydrogen-bond acceptors (Lipinski definition) is 8. The summed E-state index contributed by atoms with van der Waals surface area (Å²) >= 11 is 0. The molecule has 6 unspecified atom stereocenters. The van der Waals surface area contributed by atoms with Gasteiger partial charge in [0.05, 0.1) is 34.8 Å². The molecule has 4 aliphatic heterocycles. The molecule has 8 heteroatoms. The molecule has 0 bridgehead atoms. The van der Waals surface area contributed by atoms with Gasteiger partial charge in [0.15, 0.2) is 17.9 Å². The summed E-state index contributed by atoms with van der Waals surface area (Å²) < 4.78 is 32.5. The fourth-order valence-electron chi connectivity index (χ4n) is 7.75. The Kier molecular flexibility index (Phi) is 5.44. The Bertz CT molecular complexity index is 2010. The number of aromatic nitrogens is 2. The number of hydrogen-bond donors (Lipinski definition) is 0. The van der Waals surface area contributed by atoms with E-state index in [1.807, 2.05) is 74.5 Å². The van der Waals surface area contributed by atoms with E-state index in [1.54, 1.807) is 0 Å². The molecule has 0 N–H and O–H groups in total. The van der Waals surface area contributed by atoms with E-state index in [0.29, 0.717) is 28.8 Å². The van der Waals surface area contributed by atoms with Crippen LogP contribution in [-0.4, -0.2) is 58.3 Å². The van der Waals surface area contributed by atoms with Gasteiger partial charge in [-0.15, -0.1) is 0 Å². The molecule has 5 heterocycles. The number of nitrogens with zero attached hydrogens (tertiary/aromatic N) is 2. The molecule has 44 heavy (non-hydrogen) atoms. The second-order valence-corrected chi connectivity index (χ2v) is 13.3. The fraction of sp³-hybridized carbons (Fsp3) is 0.361. The van der Waals surface area contributed by atoms with E-state index in [-0.39, 0.29) is 35.9 Å². The molecule has 0 aliphatic carbocycles. The molecule has 5 aromatic rings. The Morgan fingerprint density at radius 1 is 0.773 bits per heavy atom. The smallest absolute Gasteiger partial charge is 0.193 e. The van der Waals surface area contributed by atoms with E-state index in [0.717, 1.165) is 33.1 Å². The third-order valence-electron chi connectivity index (χ3n) is 9.76. The maximum absolute atomic E-state index is 13.3. The number of carbonyl (C=O) groups excluding carboxylic acids is 1. The van der Waals surface area contributed by atoms with Crippen LogP contribution in [-0.2, 0) is 18.9 Å². The molecule has 1 aromatic heterocycles. The summed E-state index contributed by atoms with van der Waals surface area (Å²) in [5.74, 6) is -0.0659. The molecule has 0 radical (unpaired) electrons. The van der Waals surface area contributed by atoms with Crippen LogP contribution in [0.4, 0.5) is 0 Å². The standard InChI is InChI=1S/C36H32N2O6/c1-35(2)22-17-40-32-31(41-34-33(32)43-36(3,4)44-34)25(22)26-28-27(20-12-8-9-13-21(20)30(26)42-35)38-24-16-19(14-15-23(24)37-28)29(39)18-10-6-5-7-11-18/h5-16,22,25,31-34H,17H2,1-4H3. The summed E-state index contributed by atoms with van der Waals surface area (Å²) in [5, 5.41) is 1.92. The molecule has 0 spiro atoms. The van der Waals surface area contributed by atoms with E-state index >= 15 is 0 Å². The summed E-state index contributed by atoms with van der Waals surface area (Å²) in [4.78, 5) is 23.7. The molecule has 222 valence electrons. The van der Waals surface area contributed by atoms with Crippen LogP contribution in [0.5, 0.6) is 5.75 Å². The Morgan fingerprint density at radius 3 is 2.34 bits per heavy atom. The first-order valence-corrected chi connectivity index (χ1v) is 15.3. The van der Waals surface area contributed by atoms with Gasteiger partial charge < -0.3 is 23.7 Å².